The van der Waals surface area contributed by atoms with Crippen molar-refractivity contribution in [3.8, 4) is 0 Å². The molecule has 2 aromatic carbocycles. The Balaban J connectivity index is 1.50. The van der Waals surface area contributed by atoms with Gasteiger partial charge < -0.3 is 9.32 Å². The lowest BCUT2D eigenvalue weighted by atomic mass is 10.1. The van der Waals surface area contributed by atoms with Crippen LogP contribution in [0.2, 0.25) is 0 Å². The van der Waals surface area contributed by atoms with Crippen LogP contribution in [-0.2, 0) is 17.8 Å². The minimum absolute atomic E-state index is 0.0133. The zero-order valence-electron chi connectivity index (χ0n) is 17.9. The van der Waals surface area contributed by atoms with Crippen molar-refractivity contribution >= 4 is 34.3 Å². The van der Waals surface area contributed by atoms with E-state index in [0.717, 1.165) is 12.1 Å². The highest BCUT2D eigenvalue weighted by atomic mass is 32.2. The van der Waals surface area contributed by atoms with Crippen molar-refractivity contribution < 1.29 is 9.21 Å². The molecule has 0 bridgehead atoms. The third-order valence-electron chi connectivity index (χ3n) is 5.80. The molecule has 4 aromatic rings. The Morgan fingerprint density at radius 2 is 1.94 bits per heavy atom. The lowest BCUT2D eigenvalue weighted by Crippen LogP contribution is -2.40. The molecule has 2 aromatic heterocycles. The maximum atomic E-state index is 13.5. The summed E-state index contributed by atoms with van der Waals surface area (Å²) in [5.41, 5.74) is 2.63. The number of aromatic nitrogens is 2. The molecule has 0 spiro atoms. The molecule has 5 rings (SSSR count). The maximum Gasteiger partial charge on any atom is 0.262 e. The number of carbonyl (C=O) groups excluding carboxylic acids is 1. The van der Waals surface area contributed by atoms with Crippen molar-refractivity contribution in [2.45, 2.75) is 43.3 Å². The predicted octanol–water partition coefficient (Wildman–Crippen LogP) is 4.50. The number of thioether (sulfide) groups is 1. The van der Waals surface area contributed by atoms with Crippen molar-refractivity contribution in [1.29, 1.82) is 0 Å². The molecule has 0 saturated heterocycles. The predicted molar refractivity (Wildman–Crippen MR) is 126 cm³/mol. The fourth-order valence-corrected chi connectivity index (χ4v) is 5.20. The molecule has 0 aliphatic carbocycles. The van der Waals surface area contributed by atoms with Crippen LogP contribution in [0.1, 0.15) is 25.2 Å². The van der Waals surface area contributed by atoms with Gasteiger partial charge in [0.1, 0.15) is 5.76 Å². The van der Waals surface area contributed by atoms with Crippen LogP contribution >= 0.6 is 11.8 Å². The van der Waals surface area contributed by atoms with Gasteiger partial charge in [-0.05, 0) is 56.2 Å². The average molecular weight is 446 g/mol. The molecule has 3 heterocycles. The second kappa shape index (κ2) is 8.31. The first kappa shape index (κ1) is 20.6. The third kappa shape index (κ3) is 3.62. The van der Waals surface area contributed by atoms with E-state index in [1.807, 2.05) is 54.3 Å². The van der Waals surface area contributed by atoms with Gasteiger partial charge in [-0.1, -0.05) is 42.1 Å². The zero-order valence-corrected chi connectivity index (χ0v) is 18.7. The number of para-hydroxylation sites is 2. The topological polar surface area (TPSA) is 68.3 Å². The molecule has 2 unspecified atom stereocenters. The number of carbonyl (C=O) groups is 1. The minimum Gasteiger partial charge on any atom is -0.467 e. The van der Waals surface area contributed by atoms with E-state index in [4.69, 9.17) is 9.40 Å². The molecule has 0 saturated carbocycles. The van der Waals surface area contributed by atoms with Gasteiger partial charge in [0.15, 0.2) is 5.16 Å². The van der Waals surface area contributed by atoms with Crippen LogP contribution in [-0.4, -0.2) is 26.8 Å². The number of hydrogen-bond donors (Lipinski definition) is 0. The Hall–Kier alpha value is -3.32. The summed E-state index contributed by atoms with van der Waals surface area (Å²) in [5, 5.41) is 0.634. The average Bonchev–Trinajstić information content (AvgIpc) is 3.42. The highest BCUT2D eigenvalue weighted by Crippen LogP contribution is 2.34. The van der Waals surface area contributed by atoms with Crippen molar-refractivity contribution in [2.24, 2.45) is 0 Å². The lowest BCUT2D eigenvalue weighted by molar-refractivity contribution is -0.118. The molecule has 0 N–H and O–H groups in total. The maximum absolute atomic E-state index is 13.5. The number of nitrogens with zero attached hydrogens (tertiary/aromatic N) is 3. The monoisotopic (exact) mass is 445 g/mol. The number of rotatable bonds is 5. The molecular formula is C25H23N3O3S. The van der Waals surface area contributed by atoms with Gasteiger partial charge in [0.25, 0.3) is 5.56 Å². The fraction of sp³-hybridized carbons (Fsp3) is 0.240. The van der Waals surface area contributed by atoms with Gasteiger partial charge in [0.05, 0.1) is 29.0 Å². The summed E-state index contributed by atoms with van der Waals surface area (Å²) < 4.78 is 7.07. The Kier molecular flexibility index (Phi) is 5.35. The number of benzene rings is 2. The van der Waals surface area contributed by atoms with Gasteiger partial charge in [0.2, 0.25) is 5.91 Å². The molecule has 6 nitrogen and oxygen atoms in total. The normalized spacial score (nSPS) is 16.3. The van der Waals surface area contributed by atoms with Crippen LogP contribution < -0.4 is 10.5 Å². The van der Waals surface area contributed by atoms with Gasteiger partial charge >= 0.3 is 0 Å². The van der Waals surface area contributed by atoms with Gasteiger partial charge in [-0.15, -0.1) is 0 Å². The highest BCUT2D eigenvalue weighted by molar-refractivity contribution is 8.00. The van der Waals surface area contributed by atoms with Gasteiger partial charge in [-0.3, -0.25) is 14.2 Å². The summed E-state index contributed by atoms with van der Waals surface area (Å²) in [5.74, 6) is 0.673. The molecule has 0 radical (unpaired) electrons. The fourth-order valence-electron chi connectivity index (χ4n) is 4.24. The minimum atomic E-state index is -0.417. The number of amides is 1. The molecule has 1 aliphatic heterocycles. The van der Waals surface area contributed by atoms with Crippen molar-refractivity contribution in [3.05, 3.63) is 88.6 Å². The summed E-state index contributed by atoms with van der Waals surface area (Å²) in [6.45, 7) is 4.20. The van der Waals surface area contributed by atoms with Crippen molar-refractivity contribution in [3.63, 3.8) is 0 Å². The van der Waals surface area contributed by atoms with E-state index in [2.05, 4.69) is 13.0 Å². The largest absolute Gasteiger partial charge is 0.467 e. The van der Waals surface area contributed by atoms with Crippen LogP contribution in [0.25, 0.3) is 10.9 Å². The summed E-state index contributed by atoms with van der Waals surface area (Å²) in [7, 11) is 0. The van der Waals surface area contributed by atoms with E-state index in [1.54, 1.807) is 23.0 Å². The van der Waals surface area contributed by atoms with Gasteiger partial charge in [0, 0.05) is 11.7 Å². The first-order valence-corrected chi connectivity index (χ1v) is 11.5. The van der Waals surface area contributed by atoms with E-state index in [9.17, 15) is 9.59 Å². The molecule has 2 atom stereocenters. The van der Waals surface area contributed by atoms with E-state index in [1.165, 1.54) is 17.3 Å². The van der Waals surface area contributed by atoms with Crippen LogP contribution in [0.4, 0.5) is 5.69 Å². The Morgan fingerprint density at radius 3 is 2.75 bits per heavy atom. The van der Waals surface area contributed by atoms with E-state index in [0.29, 0.717) is 21.8 Å². The standard InChI is InChI=1S/C25H23N3O3S/c1-16-14-18-8-3-6-12-22(18)28(16)23(29)17(2)32-25-26-21-11-5-4-10-20(21)24(30)27(25)15-19-9-7-13-31-19/h3-13,16-17H,14-15H2,1-2H3. The van der Waals surface area contributed by atoms with Crippen LogP contribution in [0.5, 0.6) is 0 Å². The van der Waals surface area contributed by atoms with Crippen LogP contribution in [0.3, 0.4) is 0 Å². The second-order valence-electron chi connectivity index (χ2n) is 8.03. The van der Waals surface area contributed by atoms with Crippen molar-refractivity contribution in [2.75, 3.05) is 4.90 Å². The molecule has 0 fully saturated rings. The van der Waals surface area contributed by atoms with Gasteiger partial charge in [-0.2, -0.15) is 0 Å². The van der Waals surface area contributed by atoms with Crippen LogP contribution in [0, 0.1) is 0 Å². The van der Waals surface area contributed by atoms with Crippen molar-refractivity contribution in [1.82, 2.24) is 9.55 Å². The highest BCUT2D eigenvalue weighted by Gasteiger charge is 2.34. The molecular weight excluding hydrogens is 422 g/mol. The van der Waals surface area contributed by atoms with Gasteiger partial charge in [-0.25, -0.2) is 4.98 Å². The Labute approximate surface area is 189 Å². The first-order chi connectivity index (χ1) is 15.5. The number of fused-ring (bicyclic) bond motifs is 2. The molecule has 162 valence electrons. The van der Waals surface area contributed by atoms with E-state index >= 15 is 0 Å². The molecule has 7 heteroatoms. The summed E-state index contributed by atoms with van der Waals surface area (Å²) >= 11 is 1.31. The Bertz CT molecular complexity index is 1350. The second-order valence-corrected chi connectivity index (χ2v) is 9.34. The molecule has 1 amide bonds. The summed E-state index contributed by atoms with van der Waals surface area (Å²) in [6.07, 6.45) is 2.43. The number of hydrogen-bond acceptors (Lipinski definition) is 5. The van der Waals surface area contributed by atoms with E-state index in [-0.39, 0.29) is 24.1 Å². The summed E-state index contributed by atoms with van der Waals surface area (Å²) in [6, 6.07) is 19.0. The third-order valence-corrected chi connectivity index (χ3v) is 6.87. The number of furan rings is 1. The molecule has 1 aliphatic rings. The summed E-state index contributed by atoms with van der Waals surface area (Å²) in [4.78, 5) is 33.4. The van der Waals surface area contributed by atoms with Crippen LogP contribution in [0.15, 0.2) is 81.3 Å². The number of anilines is 1. The smallest absolute Gasteiger partial charge is 0.262 e. The lowest BCUT2D eigenvalue weighted by Gasteiger charge is -2.26. The zero-order chi connectivity index (χ0) is 22.2. The quantitative estimate of drug-likeness (QED) is 0.334. The first-order valence-electron chi connectivity index (χ1n) is 10.6. The Morgan fingerprint density at radius 1 is 1.16 bits per heavy atom. The molecule has 32 heavy (non-hydrogen) atoms. The SMILES string of the molecule is CC(Sc1nc2ccccc2c(=O)n1Cc1ccco1)C(=O)N1c2ccccc2CC1C. The van der Waals surface area contributed by atoms with E-state index < -0.39 is 5.25 Å².